The Labute approximate surface area is 127 Å². The fraction of sp³-hybridized carbons (Fsp3) is 0.364. The zero-order chi connectivity index (χ0) is 11.4. The molecule has 1 unspecified atom stereocenters. The molecule has 5 heteroatoms. The Morgan fingerprint density at radius 2 is 1.88 bits per heavy atom. The number of carbonyl (C=O) groups is 1. The predicted octanol–water partition coefficient (Wildman–Crippen LogP) is 2.10. The molecule has 16 heavy (non-hydrogen) atoms. The van der Waals surface area contributed by atoms with E-state index in [-0.39, 0.29) is 24.4 Å². The predicted molar refractivity (Wildman–Crippen MR) is 72.8 cm³/mol. The Balaban J connectivity index is 0.00000225. The molecule has 0 heterocycles. The molecule has 1 nitrogen and oxygen atoms in total. The van der Waals surface area contributed by atoms with Gasteiger partial charge in [-0.1, -0.05) is 58.2 Å². The Bertz CT molecular complexity index is 351. The standard InChI is InChI=1S/C11H12Br2OP.Li/c1-3-7(2)15-11(14)10-8(12)5-4-6-9(10)13;/h4-7H,3H2,1-2H3;/q-1;+1. The van der Waals surface area contributed by atoms with E-state index in [9.17, 15) is 4.79 Å². The molecular weight excluding hydrogens is 346 g/mol. The van der Waals surface area contributed by atoms with Gasteiger partial charge in [-0.2, -0.15) is 5.66 Å². The van der Waals surface area contributed by atoms with Gasteiger partial charge in [0.05, 0.1) is 0 Å². The van der Waals surface area contributed by atoms with E-state index in [2.05, 4.69) is 45.7 Å². The van der Waals surface area contributed by atoms with E-state index in [1.54, 1.807) is 0 Å². The zero-order valence-corrected chi connectivity index (χ0v) is 13.7. The first kappa shape index (κ1) is 16.9. The summed E-state index contributed by atoms with van der Waals surface area (Å²) in [5.41, 5.74) is 1.33. The second kappa shape index (κ2) is 8.06. The number of hydrogen-bond acceptors (Lipinski definition) is 1. The van der Waals surface area contributed by atoms with Gasteiger partial charge in [0.25, 0.3) is 0 Å². The Hall–Kier alpha value is 0.877. The Morgan fingerprint density at radius 3 is 2.31 bits per heavy atom. The van der Waals surface area contributed by atoms with Gasteiger partial charge in [0.15, 0.2) is 0 Å². The van der Waals surface area contributed by atoms with Crippen LogP contribution in [-0.4, -0.2) is 11.2 Å². The second-order valence-corrected chi connectivity index (χ2v) is 6.54. The average molecular weight is 358 g/mol. The van der Waals surface area contributed by atoms with Crippen LogP contribution in [0.25, 0.3) is 0 Å². The third kappa shape index (κ3) is 4.63. The monoisotopic (exact) mass is 356 g/mol. The van der Waals surface area contributed by atoms with Gasteiger partial charge in [0.2, 0.25) is 0 Å². The number of rotatable bonds is 4. The van der Waals surface area contributed by atoms with E-state index in [1.165, 1.54) is 0 Å². The Morgan fingerprint density at radius 1 is 1.38 bits per heavy atom. The summed E-state index contributed by atoms with van der Waals surface area (Å²) in [6.45, 7) is 4.18. The molecule has 1 atom stereocenters. The van der Waals surface area contributed by atoms with Gasteiger partial charge >= 0.3 is 18.9 Å². The van der Waals surface area contributed by atoms with E-state index >= 15 is 0 Å². The summed E-state index contributed by atoms with van der Waals surface area (Å²) < 4.78 is 1.72. The smallest absolute Gasteiger partial charge is 0.456 e. The van der Waals surface area contributed by atoms with Gasteiger partial charge in [-0.3, -0.25) is 0 Å². The third-order valence-corrected chi connectivity index (χ3v) is 4.69. The van der Waals surface area contributed by atoms with Crippen LogP contribution in [0.15, 0.2) is 27.1 Å². The summed E-state index contributed by atoms with van der Waals surface area (Å²) in [4.78, 5) is 12.0. The first-order valence-corrected chi connectivity index (χ1v) is 7.30. The second-order valence-electron chi connectivity index (χ2n) is 3.29. The van der Waals surface area contributed by atoms with E-state index in [0.717, 1.165) is 29.5 Å². The van der Waals surface area contributed by atoms with Crippen LogP contribution < -0.4 is 18.9 Å². The molecule has 1 rings (SSSR count). The summed E-state index contributed by atoms with van der Waals surface area (Å²) >= 11 is 6.81. The van der Waals surface area contributed by atoms with Gasteiger partial charge in [-0.25, -0.2) is 0 Å². The fourth-order valence-corrected chi connectivity index (χ4v) is 3.68. The summed E-state index contributed by atoms with van der Waals surface area (Å²) in [5, 5.41) is 0. The largest absolute Gasteiger partial charge is 1.00 e. The number of benzene rings is 1. The van der Waals surface area contributed by atoms with Gasteiger partial charge in [-0.05, 0) is 12.1 Å². The van der Waals surface area contributed by atoms with E-state index in [1.807, 2.05) is 18.2 Å². The van der Waals surface area contributed by atoms with Crippen LogP contribution >= 0.6 is 40.4 Å². The van der Waals surface area contributed by atoms with Crippen molar-refractivity contribution >= 4 is 46.0 Å². The Kier molecular flexibility index (Phi) is 8.50. The van der Waals surface area contributed by atoms with Gasteiger partial charge in [0, 0.05) is 20.0 Å². The molecule has 0 amide bonds. The number of carbonyl (C=O) groups excluding carboxylic acids is 1. The van der Waals surface area contributed by atoms with Crippen LogP contribution in [0.5, 0.6) is 0 Å². The minimum Gasteiger partial charge on any atom is -0.456 e. The van der Waals surface area contributed by atoms with Crippen molar-refractivity contribution in [3.05, 3.63) is 32.7 Å². The molecule has 0 N–H and O–H groups in total. The molecule has 82 valence electrons. The van der Waals surface area contributed by atoms with Crippen molar-refractivity contribution < 1.29 is 23.7 Å². The first-order chi connectivity index (χ1) is 7.06. The summed E-state index contributed by atoms with van der Waals surface area (Å²) in [6.07, 6.45) is 1.02. The van der Waals surface area contributed by atoms with E-state index in [4.69, 9.17) is 0 Å². The van der Waals surface area contributed by atoms with Crippen LogP contribution in [0.4, 0.5) is 0 Å². The maximum absolute atomic E-state index is 12.0. The zero-order valence-electron chi connectivity index (χ0n) is 9.63. The summed E-state index contributed by atoms with van der Waals surface area (Å²) in [5.74, 6) is 0. The van der Waals surface area contributed by atoms with Crippen molar-refractivity contribution in [3.63, 3.8) is 0 Å². The molecule has 0 fully saturated rings. The van der Waals surface area contributed by atoms with Gasteiger partial charge < -0.3 is 13.4 Å². The maximum atomic E-state index is 12.0. The quantitative estimate of drug-likeness (QED) is 0.595. The minimum atomic E-state index is 0. The minimum absolute atomic E-state index is 0. The SMILES string of the molecule is CCC(C)[P-]C(=O)c1c(Br)cccc1Br.[Li+]. The van der Waals surface area contributed by atoms with E-state index in [0.29, 0.717) is 5.66 Å². The van der Waals surface area contributed by atoms with Crippen molar-refractivity contribution in [2.24, 2.45) is 0 Å². The van der Waals surface area contributed by atoms with E-state index < -0.39 is 0 Å². The van der Waals surface area contributed by atoms with Crippen molar-refractivity contribution in [1.82, 2.24) is 0 Å². The maximum Gasteiger partial charge on any atom is 1.00 e. The molecular formula is C11H12Br2LiOP. The van der Waals surface area contributed by atoms with Crippen LogP contribution in [0, 0.1) is 0 Å². The number of halogens is 2. The molecule has 0 saturated carbocycles. The molecule has 0 spiro atoms. The molecule has 0 aliphatic carbocycles. The summed E-state index contributed by atoms with van der Waals surface area (Å²) in [7, 11) is 0.867. The molecule has 0 aliphatic rings. The van der Waals surface area contributed by atoms with Crippen molar-refractivity contribution in [3.8, 4) is 0 Å². The van der Waals surface area contributed by atoms with Crippen LogP contribution in [0.1, 0.15) is 30.6 Å². The fourth-order valence-electron chi connectivity index (χ4n) is 1.06. The molecule has 1 aromatic carbocycles. The van der Waals surface area contributed by atoms with Crippen LogP contribution in [0.3, 0.4) is 0 Å². The van der Waals surface area contributed by atoms with Crippen molar-refractivity contribution in [2.75, 3.05) is 0 Å². The molecule has 0 radical (unpaired) electrons. The van der Waals surface area contributed by atoms with Gasteiger partial charge in [-0.15, -0.1) is 0 Å². The molecule has 0 bridgehead atoms. The molecule has 0 saturated heterocycles. The average Bonchev–Trinajstić information content (AvgIpc) is 2.17. The normalized spacial score (nSPS) is 12.5. The first-order valence-electron chi connectivity index (χ1n) is 4.75. The van der Waals surface area contributed by atoms with Crippen LogP contribution in [0.2, 0.25) is 0 Å². The van der Waals surface area contributed by atoms with Crippen LogP contribution in [-0.2, 0) is 0 Å². The molecule has 0 aromatic heterocycles. The number of hydrogen-bond donors (Lipinski definition) is 0. The topological polar surface area (TPSA) is 17.1 Å². The third-order valence-electron chi connectivity index (χ3n) is 2.11. The van der Waals surface area contributed by atoms with Crippen molar-refractivity contribution in [2.45, 2.75) is 25.9 Å². The van der Waals surface area contributed by atoms with Crippen molar-refractivity contribution in [1.29, 1.82) is 0 Å². The molecule has 1 aromatic rings. The molecule has 0 aliphatic heterocycles. The summed E-state index contributed by atoms with van der Waals surface area (Å²) in [6, 6.07) is 5.69. The van der Waals surface area contributed by atoms with Gasteiger partial charge in [0.1, 0.15) is 0 Å².